The molecule has 0 aliphatic carbocycles. The minimum absolute atomic E-state index is 0.278. The molecule has 0 unspecified atom stereocenters. The second-order valence-electron chi connectivity index (χ2n) is 4.96. The number of halogens is 1. The van der Waals surface area contributed by atoms with Crippen molar-refractivity contribution in [3.05, 3.63) is 53.8 Å². The molecule has 8 heteroatoms. The van der Waals surface area contributed by atoms with E-state index in [1.54, 1.807) is 24.3 Å². The zero-order valence-corrected chi connectivity index (χ0v) is 12.6. The first-order valence-electron chi connectivity index (χ1n) is 7.31. The molecule has 0 aliphatic heterocycles. The van der Waals surface area contributed by atoms with Crippen LogP contribution < -0.4 is 5.32 Å². The van der Waals surface area contributed by atoms with Gasteiger partial charge in [0, 0.05) is 18.5 Å². The van der Waals surface area contributed by atoms with Crippen LogP contribution in [0.2, 0.25) is 0 Å². The fourth-order valence-electron chi connectivity index (χ4n) is 2.01. The van der Waals surface area contributed by atoms with Crippen molar-refractivity contribution >= 4 is 5.82 Å². The highest BCUT2D eigenvalue weighted by Crippen LogP contribution is 2.16. The Kier molecular flexibility index (Phi) is 4.72. The van der Waals surface area contributed by atoms with E-state index in [1.165, 1.54) is 12.1 Å². The highest BCUT2D eigenvalue weighted by molar-refractivity contribution is 5.53. The predicted molar refractivity (Wildman–Crippen MR) is 83.2 cm³/mol. The van der Waals surface area contributed by atoms with Crippen LogP contribution in [-0.2, 0) is 6.42 Å². The molecule has 0 radical (unpaired) electrons. The van der Waals surface area contributed by atoms with E-state index in [9.17, 15) is 4.39 Å². The van der Waals surface area contributed by atoms with Gasteiger partial charge in [-0.3, -0.25) is 0 Å². The van der Waals surface area contributed by atoms with Crippen LogP contribution in [0.4, 0.5) is 10.2 Å². The summed E-state index contributed by atoms with van der Waals surface area (Å²) < 4.78 is 18.1. The average Bonchev–Trinajstić information content (AvgIpc) is 3.09. The van der Waals surface area contributed by atoms with Gasteiger partial charge in [-0.2, -0.15) is 10.2 Å². The van der Waals surface area contributed by atoms with Crippen LogP contribution in [0.1, 0.15) is 18.0 Å². The second-order valence-corrected chi connectivity index (χ2v) is 4.96. The lowest BCUT2D eigenvalue weighted by atomic mass is 10.2. The molecule has 7 nitrogen and oxygen atoms in total. The lowest BCUT2D eigenvalue weighted by Crippen LogP contribution is -2.05. The molecule has 0 saturated carbocycles. The average molecular weight is 324 g/mol. The number of rotatable bonds is 6. The number of aryl methyl sites for hydroxylation is 1. The first-order chi connectivity index (χ1) is 11.7. The first-order valence-corrected chi connectivity index (χ1v) is 7.31. The maximum absolute atomic E-state index is 12.9. The van der Waals surface area contributed by atoms with Gasteiger partial charge >= 0.3 is 0 Å². The Hall–Kier alpha value is -3.34. The van der Waals surface area contributed by atoms with Crippen molar-refractivity contribution in [2.45, 2.75) is 12.8 Å². The Bertz CT molecular complexity index is 838. The molecular formula is C16H13FN6O. The third kappa shape index (κ3) is 3.89. The summed E-state index contributed by atoms with van der Waals surface area (Å²) >= 11 is 0. The maximum Gasteiger partial charge on any atom is 0.227 e. The van der Waals surface area contributed by atoms with Crippen molar-refractivity contribution in [1.29, 1.82) is 5.26 Å². The minimum atomic E-state index is -0.306. The molecule has 3 aromatic rings. The van der Waals surface area contributed by atoms with Gasteiger partial charge in [0.25, 0.3) is 0 Å². The summed E-state index contributed by atoms with van der Waals surface area (Å²) in [5, 5.41) is 23.3. The SMILES string of the molecule is N#Cc1ccc(NCCCc2nc(-c3ccc(F)cc3)no2)nn1. The van der Waals surface area contributed by atoms with Crippen molar-refractivity contribution in [2.24, 2.45) is 0 Å². The fraction of sp³-hybridized carbons (Fsp3) is 0.188. The molecule has 2 heterocycles. The fourth-order valence-corrected chi connectivity index (χ4v) is 2.01. The third-order valence-corrected chi connectivity index (χ3v) is 3.22. The van der Waals surface area contributed by atoms with Crippen molar-refractivity contribution < 1.29 is 8.91 Å². The quantitative estimate of drug-likeness (QED) is 0.695. The molecule has 120 valence electrons. The van der Waals surface area contributed by atoms with Gasteiger partial charge in [-0.05, 0) is 42.8 Å². The molecule has 1 aromatic carbocycles. The molecule has 0 fully saturated rings. The second kappa shape index (κ2) is 7.28. The standard InChI is InChI=1S/C16H13FN6O/c17-12-5-3-11(4-6-12)16-20-15(24-23-16)2-1-9-19-14-8-7-13(10-18)21-22-14/h3-8H,1-2,9H2,(H,19,22). The molecule has 0 saturated heterocycles. The lowest BCUT2D eigenvalue weighted by molar-refractivity contribution is 0.377. The number of nitriles is 1. The van der Waals surface area contributed by atoms with Gasteiger partial charge in [0.2, 0.25) is 11.7 Å². The maximum atomic E-state index is 12.9. The number of benzene rings is 1. The van der Waals surface area contributed by atoms with Crippen LogP contribution in [0.15, 0.2) is 40.9 Å². The molecule has 2 aromatic heterocycles. The topological polar surface area (TPSA) is 101 Å². The third-order valence-electron chi connectivity index (χ3n) is 3.22. The van der Waals surface area contributed by atoms with E-state index >= 15 is 0 Å². The summed E-state index contributed by atoms with van der Waals surface area (Å²) in [5.74, 6) is 1.25. The number of nitrogens with one attached hydrogen (secondary N) is 1. The van der Waals surface area contributed by atoms with Gasteiger partial charge in [0.1, 0.15) is 17.7 Å². The van der Waals surface area contributed by atoms with E-state index in [4.69, 9.17) is 9.78 Å². The van der Waals surface area contributed by atoms with Gasteiger partial charge in [-0.1, -0.05) is 5.16 Å². The van der Waals surface area contributed by atoms with Crippen LogP contribution in [0.5, 0.6) is 0 Å². The van der Waals surface area contributed by atoms with Crippen LogP contribution in [0.25, 0.3) is 11.4 Å². The summed E-state index contributed by atoms with van der Waals surface area (Å²) in [5.41, 5.74) is 0.983. The van der Waals surface area contributed by atoms with Crippen LogP contribution in [-0.4, -0.2) is 26.9 Å². The summed E-state index contributed by atoms with van der Waals surface area (Å²) in [4.78, 5) is 4.29. The molecule has 24 heavy (non-hydrogen) atoms. The highest BCUT2D eigenvalue weighted by atomic mass is 19.1. The van der Waals surface area contributed by atoms with Gasteiger partial charge in [0.15, 0.2) is 5.69 Å². The largest absolute Gasteiger partial charge is 0.369 e. The summed E-state index contributed by atoms with van der Waals surface area (Å²) in [6.07, 6.45) is 1.36. The summed E-state index contributed by atoms with van der Waals surface area (Å²) in [7, 11) is 0. The monoisotopic (exact) mass is 324 g/mol. The molecule has 3 rings (SSSR count). The number of aromatic nitrogens is 4. The normalized spacial score (nSPS) is 10.3. The molecule has 1 N–H and O–H groups in total. The number of hydrogen-bond acceptors (Lipinski definition) is 7. The predicted octanol–water partition coefficient (Wildman–Crippen LogP) is 2.58. The Morgan fingerprint density at radius 2 is 1.96 bits per heavy atom. The Morgan fingerprint density at radius 3 is 2.67 bits per heavy atom. The van der Waals surface area contributed by atoms with E-state index in [1.807, 2.05) is 6.07 Å². The van der Waals surface area contributed by atoms with Crippen molar-refractivity contribution in [3.63, 3.8) is 0 Å². The van der Waals surface area contributed by atoms with Gasteiger partial charge < -0.3 is 9.84 Å². The van der Waals surface area contributed by atoms with Crippen molar-refractivity contribution in [1.82, 2.24) is 20.3 Å². The Balaban J connectivity index is 1.48. The van der Waals surface area contributed by atoms with E-state index < -0.39 is 0 Å². The molecule has 0 bridgehead atoms. The first kappa shape index (κ1) is 15.6. The van der Waals surface area contributed by atoms with E-state index in [-0.39, 0.29) is 11.5 Å². The van der Waals surface area contributed by atoms with E-state index in [0.717, 1.165) is 6.42 Å². The van der Waals surface area contributed by atoms with E-state index in [0.29, 0.717) is 36.1 Å². The van der Waals surface area contributed by atoms with Crippen molar-refractivity contribution in [2.75, 3.05) is 11.9 Å². The molecular weight excluding hydrogens is 311 g/mol. The highest BCUT2D eigenvalue weighted by Gasteiger charge is 2.08. The smallest absolute Gasteiger partial charge is 0.227 e. The lowest BCUT2D eigenvalue weighted by Gasteiger charge is -2.02. The van der Waals surface area contributed by atoms with Gasteiger partial charge in [-0.25, -0.2) is 4.39 Å². The Morgan fingerprint density at radius 1 is 1.12 bits per heavy atom. The van der Waals surface area contributed by atoms with Crippen LogP contribution in [0, 0.1) is 17.1 Å². The number of hydrogen-bond donors (Lipinski definition) is 1. The van der Waals surface area contributed by atoms with Gasteiger partial charge in [0.05, 0.1) is 0 Å². The molecule has 0 atom stereocenters. The minimum Gasteiger partial charge on any atom is -0.369 e. The van der Waals surface area contributed by atoms with E-state index in [2.05, 4.69) is 25.7 Å². The number of anilines is 1. The van der Waals surface area contributed by atoms with Crippen molar-refractivity contribution in [3.8, 4) is 17.5 Å². The zero-order chi connectivity index (χ0) is 16.8. The number of nitrogens with zero attached hydrogens (tertiary/aromatic N) is 5. The molecule has 0 amide bonds. The summed E-state index contributed by atoms with van der Waals surface area (Å²) in [6.45, 7) is 0.648. The van der Waals surface area contributed by atoms with Crippen LogP contribution in [0.3, 0.4) is 0 Å². The molecule has 0 aliphatic rings. The molecule has 0 spiro atoms. The van der Waals surface area contributed by atoms with Gasteiger partial charge in [-0.15, -0.1) is 10.2 Å². The van der Waals surface area contributed by atoms with Crippen LogP contribution >= 0.6 is 0 Å². The zero-order valence-electron chi connectivity index (χ0n) is 12.6. The Labute approximate surface area is 137 Å². The summed E-state index contributed by atoms with van der Waals surface area (Å²) in [6, 6.07) is 11.1.